The van der Waals surface area contributed by atoms with Gasteiger partial charge in [-0.15, -0.1) is 0 Å². The predicted octanol–water partition coefficient (Wildman–Crippen LogP) is 2.84. The van der Waals surface area contributed by atoms with Crippen LogP contribution in [-0.4, -0.2) is 5.91 Å². The van der Waals surface area contributed by atoms with Crippen molar-refractivity contribution in [3.8, 4) is 0 Å². The first-order chi connectivity index (χ1) is 7.79. The van der Waals surface area contributed by atoms with Gasteiger partial charge >= 0.3 is 0 Å². The molecule has 1 atom stereocenters. The average molecular weight is 217 g/mol. The summed E-state index contributed by atoms with van der Waals surface area (Å²) in [6.07, 6.45) is 6.06. The number of carbonyl (C=O) groups excluding carboxylic acids is 1. The Morgan fingerprint density at radius 1 is 1.12 bits per heavy atom. The van der Waals surface area contributed by atoms with E-state index in [1.54, 1.807) is 0 Å². The molecule has 2 heteroatoms. The van der Waals surface area contributed by atoms with Gasteiger partial charge < -0.3 is 5.73 Å². The third-order valence-corrected chi connectivity index (χ3v) is 3.59. The van der Waals surface area contributed by atoms with Crippen molar-refractivity contribution in [1.82, 2.24) is 0 Å². The van der Waals surface area contributed by atoms with Crippen molar-refractivity contribution in [1.29, 1.82) is 0 Å². The Kier molecular flexibility index (Phi) is 3.60. The predicted molar refractivity (Wildman–Crippen MR) is 65.0 cm³/mol. The van der Waals surface area contributed by atoms with E-state index in [0.717, 1.165) is 18.4 Å². The lowest BCUT2D eigenvalue weighted by molar-refractivity contribution is -0.120. The SMILES string of the molecule is NC(=O)[C@@H](c1ccccc1)C1CCCCC1. The monoisotopic (exact) mass is 217 g/mol. The fourth-order valence-corrected chi connectivity index (χ4v) is 2.80. The van der Waals surface area contributed by atoms with Gasteiger partial charge in [-0.1, -0.05) is 49.6 Å². The van der Waals surface area contributed by atoms with Crippen LogP contribution in [0.4, 0.5) is 0 Å². The minimum Gasteiger partial charge on any atom is -0.369 e. The van der Waals surface area contributed by atoms with Gasteiger partial charge in [0.25, 0.3) is 0 Å². The first-order valence-electron chi connectivity index (χ1n) is 6.13. The van der Waals surface area contributed by atoms with Crippen LogP contribution in [0.2, 0.25) is 0 Å². The molecule has 1 aromatic carbocycles. The highest BCUT2D eigenvalue weighted by Crippen LogP contribution is 2.35. The molecule has 0 saturated heterocycles. The smallest absolute Gasteiger partial charge is 0.225 e. The largest absolute Gasteiger partial charge is 0.369 e. The van der Waals surface area contributed by atoms with E-state index in [2.05, 4.69) is 0 Å². The highest BCUT2D eigenvalue weighted by molar-refractivity contribution is 5.82. The van der Waals surface area contributed by atoms with Crippen molar-refractivity contribution < 1.29 is 4.79 Å². The van der Waals surface area contributed by atoms with E-state index in [1.807, 2.05) is 30.3 Å². The van der Waals surface area contributed by atoms with E-state index in [4.69, 9.17) is 5.73 Å². The van der Waals surface area contributed by atoms with Crippen LogP contribution in [0.1, 0.15) is 43.6 Å². The van der Waals surface area contributed by atoms with E-state index in [9.17, 15) is 4.79 Å². The summed E-state index contributed by atoms with van der Waals surface area (Å²) < 4.78 is 0. The van der Waals surface area contributed by atoms with E-state index in [1.165, 1.54) is 19.3 Å². The summed E-state index contributed by atoms with van der Waals surface area (Å²) in [5, 5.41) is 0. The standard InChI is InChI=1S/C14H19NO/c15-14(16)13(11-7-3-1-4-8-11)12-9-5-2-6-10-12/h1,3-4,7-8,12-13H,2,5-6,9-10H2,(H2,15,16)/t13-/m0/s1. The molecule has 0 heterocycles. The quantitative estimate of drug-likeness (QED) is 0.831. The van der Waals surface area contributed by atoms with Gasteiger partial charge in [-0.05, 0) is 24.3 Å². The number of rotatable bonds is 3. The molecule has 0 aromatic heterocycles. The van der Waals surface area contributed by atoms with Gasteiger partial charge in [0.1, 0.15) is 0 Å². The second-order valence-electron chi connectivity index (χ2n) is 4.69. The molecule has 0 bridgehead atoms. The number of nitrogens with two attached hydrogens (primary N) is 1. The molecule has 1 amide bonds. The minimum absolute atomic E-state index is 0.0819. The summed E-state index contributed by atoms with van der Waals surface area (Å²) in [7, 11) is 0. The first-order valence-corrected chi connectivity index (χ1v) is 6.13. The van der Waals surface area contributed by atoms with Crippen LogP contribution in [-0.2, 0) is 4.79 Å². The Morgan fingerprint density at radius 3 is 2.31 bits per heavy atom. The molecule has 1 saturated carbocycles. The second kappa shape index (κ2) is 5.15. The topological polar surface area (TPSA) is 43.1 Å². The number of carbonyl (C=O) groups is 1. The van der Waals surface area contributed by atoms with Crippen LogP contribution >= 0.6 is 0 Å². The van der Waals surface area contributed by atoms with E-state index in [0.29, 0.717) is 5.92 Å². The lowest BCUT2D eigenvalue weighted by atomic mass is 9.76. The average Bonchev–Trinajstić information content (AvgIpc) is 2.31. The summed E-state index contributed by atoms with van der Waals surface area (Å²) in [5.41, 5.74) is 6.65. The number of benzene rings is 1. The third-order valence-electron chi connectivity index (χ3n) is 3.59. The third kappa shape index (κ3) is 2.43. The zero-order chi connectivity index (χ0) is 11.4. The number of primary amides is 1. The van der Waals surface area contributed by atoms with Gasteiger partial charge in [-0.25, -0.2) is 0 Å². The summed E-state index contributed by atoms with van der Waals surface area (Å²) in [5.74, 6) is 0.202. The van der Waals surface area contributed by atoms with Crippen LogP contribution in [0, 0.1) is 5.92 Å². The molecule has 1 aliphatic carbocycles. The summed E-state index contributed by atoms with van der Waals surface area (Å²) >= 11 is 0. The molecule has 2 N–H and O–H groups in total. The normalized spacial score (nSPS) is 19.2. The van der Waals surface area contributed by atoms with Crippen LogP contribution in [0.3, 0.4) is 0 Å². The van der Waals surface area contributed by atoms with Crippen molar-refractivity contribution >= 4 is 5.91 Å². The van der Waals surface area contributed by atoms with E-state index < -0.39 is 0 Å². The maximum Gasteiger partial charge on any atom is 0.225 e. The van der Waals surface area contributed by atoms with Gasteiger partial charge in [0.05, 0.1) is 5.92 Å². The fraction of sp³-hybridized carbons (Fsp3) is 0.500. The Morgan fingerprint density at radius 2 is 1.75 bits per heavy atom. The van der Waals surface area contributed by atoms with Crippen LogP contribution in [0.5, 0.6) is 0 Å². The van der Waals surface area contributed by atoms with Gasteiger partial charge in [-0.2, -0.15) is 0 Å². The van der Waals surface area contributed by atoms with Gasteiger partial charge in [0.2, 0.25) is 5.91 Å². The zero-order valence-electron chi connectivity index (χ0n) is 9.56. The van der Waals surface area contributed by atoms with Gasteiger partial charge in [0.15, 0.2) is 0 Å². The highest BCUT2D eigenvalue weighted by atomic mass is 16.1. The van der Waals surface area contributed by atoms with Crippen LogP contribution in [0.15, 0.2) is 30.3 Å². The first kappa shape index (κ1) is 11.2. The number of hydrogen-bond acceptors (Lipinski definition) is 1. The Balaban J connectivity index is 2.20. The van der Waals surface area contributed by atoms with E-state index in [-0.39, 0.29) is 11.8 Å². The number of amides is 1. The molecule has 0 spiro atoms. The lowest BCUT2D eigenvalue weighted by Gasteiger charge is -2.28. The Bertz CT molecular complexity index is 341. The van der Waals surface area contributed by atoms with Crippen LogP contribution < -0.4 is 5.73 Å². The van der Waals surface area contributed by atoms with Crippen molar-refractivity contribution in [2.75, 3.05) is 0 Å². The molecular weight excluding hydrogens is 198 g/mol. The fourth-order valence-electron chi connectivity index (χ4n) is 2.80. The molecule has 2 nitrogen and oxygen atoms in total. The molecule has 16 heavy (non-hydrogen) atoms. The summed E-state index contributed by atoms with van der Waals surface area (Å²) in [6, 6.07) is 9.97. The molecule has 1 aromatic rings. The Labute approximate surface area is 96.8 Å². The zero-order valence-corrected chi connectivity index (χ0v) is 9.56. The molecule has 1 fully saturated rings. The molecule has 0 unspecified atom stereocenters. The van der Waals surface area contributed by atoms with Gasteiger partial charge in [0, 0.05) is 0 Å². The highest BCUT2D eigenvalue weighted by Gasteiger charge is 2.28. The van der Waals surface area contributed by atoms with Crippen molar-refractivity contribution in [2.45, 2.75) is 38.0 Å². The molecule has 1 aliphatic rings. The second-order valence-corrected chi connectivity index (χ2v) is 4.69. The van der Waals surface area contributed by atoms with E-state index >= 15 is 0 Å². The molecular formula is C14H19NO. The Hall–Kier alpha value is -1.31. The summed E-state index contributed by atoms with van der Waals surface area (Å²) in [6.45, 7) is 0. The van der Waals surface area contributed by atoms with Crippen LogP contribution in [0.25, 0.3) is 0 Å². The van der Waals surface area contributed by atoms with Crippen molar-refractivity contribution in [3.05, 3.63) is 35.9 Å². The van der Waals surface area contributed by atoms with Crippen molar-refractivity contribution in [2.24, 2.45) is 11.7 Å². The van der Waals surface area contributed by atoms with Crippen molar-refractivity contribution in [3.63, 3.8) is 0 Å². The maximum atomic E-state index is 11.6. The maximum absolute atomic E-state index is 11.6. The molecule has 0 aliphatic heterocycles. The molecule has 86 valence electrons. The molecule has 0 radical (unpaired) electrons. The lowest BCUT2D eigenvalue weighted by Crippen LogP contribution is -2.29. The minimum atomic E-state index is -0.168. The molecule has 2 rings (SSSR count). The number of hydrogen-bond donors (Lipinski definition) is 1. The van der Waals surface area contributed by atoms with Gasteiger partial charge in [-0.3, -0.25) is 4.79 Å². The summed E-state index contributed by atoms with van der Waals surface area (Å²) in [4.78, 5) is 11.6.